The fourth-order valence-corrected chi connectivity index (χ4v) is 2.54. The van der Waals surface area contributed by atoms with Crippen LogP contribution in [0.5, 0.6) is 0 Å². The average molecular weight is 265 g/mol. The van der Waals surface area contributed by atoms with E-state index in [1.807, 2.05) is 20.8 Å². The SMILES string of the molecule is CC(C)(C)CCOCCS(=O)(=O)NC(C)(C)C. The quantitative estimate of drug-likeness (QED) is 0.749. The van der Waals surface area contributed by atoms with Gasteiger partial charge in [0, 0.05) is 12.1 Å². The standard InChI is InChI=1S/C12H27NO3S/c1-11(2,3)7-8-16-9-10-17(14,15)13-12(4,5)6/h13H,7-10H2,1-6H3. The van der Waals surface area contributed by atoms with Crippen LogP contribution >= 0.6 is 0 Å². The van der Waals surface area contributed by atoms with Crippen LogP contribution in [-0.2, 0) is 14.8 Å². The summed E-state index contributed by atoms with van der Waals surface area (Å²) in [6, 6.07) is 0. The Morgan fingerprint density at radius 1 is 1.00 bits per heavy atom. The molecule has 0 aliphatic carbocycles. The molecular formula is C12H27NO3S. The van der Waals surface area contributed by atoms with E-state index in [9.17, 15) is 8.42 Å². The zero-order chi connectivity index (χ0) is 13.7. The summed E-state index contributed by atoms with van der Waals surface area (Å²) in [4.78, 5) is 0. The largest absolute Gasteiger partial charge is 0.380 e. The molecule has 0 aliphatic heterocycles. The van der Waals surface area contributed by atoms with Gasteiger partial charge in [-0.05, 0) is 32.6 Å². The lowest BCUT2D eigenvalue weighted by Crippen LogP contribution is -2.42. The summed E-state index contributed by atoms with van der Waals surface area (Å²) in [7, 11) is -3.23. The van der Waals surface area contributed by atoms with Crippen molar-refractivity contribution in [3.05, 3.63) is 0 Å². The summed E-state index contributed by atoms with van der Waals surface area (Å²) in [5.74, 6) is 0.0222. The van der Waals surface area contributed by atoms with Crippen LogP contribution in [0.15, 0.2) is 0 Å². The molecular weight excluding hydrogens is 238 g/mol. The first-order valence-corrected chi connectivity index (χ1v) is 7.66. The van der Waals surface area contributed by atoms with Gasteiger partial charge < -0.3 is 4.74 Å². The minimum atomic E-state index is -3.23. The summed E-state index contributed by atoms with van der Waals surface area (Å²) in [5, 5.41) is 0. The Balaban J connectivity index is 3.82. The Morgan fingerprint density at radius 3 is 1.94 bits per heavy atom. The number of nitrogens with one attached hydrogen (secondary N) is 1. The third-order valence-corrected chi connectivity index (χ3v) is 3.58. The molecule has 0 radical (unpaired) electrons. The van der Waals surface area contributed by atoms with Crippen LogP contribution < -0.4 is 4.72 Å². The van der Waals surface area contributed by atoms with E-state index >= 15 is 0 Å². The van der Waals surface area contributed by atoms with Crippen LogP contribution in [0.2, 0.25) is 0 Å². The molecule has 0 saturated heterocycles. The first-order valence-electron chi connectivity index (χ1n) is 6.01. The van der Waals surface area contributed by atoms with Gasteiger partial charge in [0.25, 0.3) is 0 Å². The van der Waals surface area contributed by atoms with Gasteiger partial charge in [-0.2, -0.15) is 0 Å². The maximum Gasteiger partial charge on any atom is 0.214 e. The summed E-state index contributed by atoms with van der Waals surface area (Å²) in [5.41, 5.74) is -0.202. The fraction of sp³-hybridized carbons (Fsp3) is 1.00. The third kappa shape index (κ3) is 12.1. The van der Waals surface area contributed by atoms with E-state index in [-0.39, 0.29) is 17.8 Å². The van der Waals surface area contributed by atoms with E-state index in [0.717, 1.165) is 6.42 Å². The molecule has 0 saturated carbocycles. The van der Waals surface area contributed by atoms with E-state index in [2.05, 4.69) is 25.5 Å². The first kappa shape index (κ1) is 16.9. The second-order valence-electron chi connectivity index (χ2n) is 6.59. The van der Waals surface area contributed by atoms with Crippen LogP contribution in [0.3, 0.4) is 0 Å². The van der Waals surface area contributed by atoms with E-state index in [1.54, 1.807) is 0 Å². The molecule has 104 valence electrons. The highest BCUT2D eigenvalue weighted by molar-refractivity contribution is 7.89. The predicted molar refractivity (Wildman–Crippen MR) is 71.6 cm³/mol. The molecule has 0 unspecified atom stereocenters. The normalized spacial score (nSPS) is 14.0. The second-order valence-corrected chi connectivity index (χ2v) is 8.44. The zero-order valence-electron chi connectivity index (χ0n) is 12.0. The highest BCUT2D eigenvalue weighted by Gasteiger charge is 2.19. The maximum atomic E-state index is 11.6. The highest BCUT2D eigenvalue weighted by Crippen LogP contribution is 2.17. The van der Waals surface area contributed by atoms with Crippen LogP contribution in [0.1, 0.15) is 48.0 Å². The van der Waals surface area contributed by atoms with Gasteiger partial charge >= 0.3 is 0 Å². The molecule has 0 atom stereocenters. The molecule has 0 aromatic rings. The summed E-state index contributed by atoms with van der Waals surface area (Å²) in [6.07, 6.45) is 0.930. The molecule has 0 aliphatic rings. The Bertz CT molecular complexity index is 310. The van der Waals surface area contributed by atoms with Crippen molar-refractivity contribution in [2.75, 3.05) is 19.0 Å². The molecule has 5 heteroatoms. The predicted octanol–water partition coefficient (Wildman–Crippen LogP) is 2.16. The average Bonchev–Trinajstić information content (AvgIpc) is 1.95. The molecule has 4 nitrogen and oxygen atoms in total. The Kier molecular flexibility index (Phi) is 6.11. The van der Waals surface area contributed by atoms with Crippen molar-refractivity contribution in [1.82, 2.24) is 4.72 Å². The van der Waals surface area contributed by atoms with Gasteiger partial charge in [-0.15, -0.1) is 0 Å². The van der Waals surface area contributed by atoms with Crippen LogP contribution in [0.4, 0.5) is 0 Å². The lowest BCUT2D eigenvalue weighted by Gasteiger charge is -2.20. The van der Waals surface area contributed by atoms with Crippen LogP contribution in [-0.4, -0.2) is 32.9 Å². The van der Waals surface area contributed by atoms with E-state index in [1.165, 1.54) is 0 Å². The van der Waals surface area contributed by atoms with Crippen molar-refractivity contribution in [2.45, 2.75) is 53.5 Å². The molecule has 0 heterocycles. The first-order chi connectivity index (χ1) is 7.41. The molecule has 0 rings (SSSR count). The fourth-order valence-electron chi connectivity index (χ4n) is 1.17. The molecule has 0 aromatic heterocycles. The van der Waals surface area contributed by atoms with Crippen LogP contribution in [0.25, 0.3) is 0 Å². The van der Waals surface area contributed by atoms with Gasteiger partial charge in [-0.1, -0.05) is 20.8 Å². The molecule has 0 amide bonds. The number of ether oxygens (including phenoxy) is 1. The van der Waals surface area contributed by atoms with Gasteiger partial charge in [0.05, 0.1) is 12.4 Å². The minimum absolute atomic E-state index is 0.0222. The van der Waals surface area contributed by atoms with E-state index in [0.29, 0.717) is 6.61 Å². The number of rotatable bonds is 6. The van der Waals surface area contributed by atoms with Gasteiger partial charge in [-0.25, -0.2) is 13.1 Å². The number of hydrogen-bond donors (Lipinski definition) is 1. The molecule has 0 aromatic carbocycles. The molecule has 0 fully saturated rings. The molecule has 0 spiro atoms. The molecule has 1 N–H and O–H groups in total. The Morgan fingerprint density at radius 2 is 1.53 bits per heavy atom. The Labute approximate surface area is 106 Å². The molecule has 0 bridgehead atoms. The lowest BCUT2D eigenvalue weighted by molar-refractivity contribution is 0.120. The van der Waals surface area contributed by atoms with Gasteiger partial charge in [0.2, 0.25) is 10.0 Å². The second kappa shape index (κ2) is 6.16. The van der Waals surface area contributed by atoms with Gasteiger partial charge in [0.15, 0.2) is 0 Å². The van der Waals surface area contributed by atoms with Crippen LogP contribution in [0, 0.1) is 5.41 Å². The summed E-state index contributed by atoms with van der Waals surface area (Å²) in [6.45, 7) is 12.7. The van der Waals surface area contributed by atoms with Gasteiger partial charge in [0.1, 0.15) is 0 Å². The minimum Gasteiger partial charge on any atom is -0.380 e. The smallest absolute Gasteiger partial charge is 0.214 e. The number of sulfonamides is 1. The lowest BCUT2D eigenvalue weighted by atomic mass is 9.93. The maximum absolute atomic E-state index is 11.6. The molecule has 17 heavy (non-hydrogen) atoms. The van der Waals surface area contributed by atoms with Crippen molar-refractivity contribution in [3.8, 4) is 0 Å². The Hall–Kier alpha value is -0.130. The van der Waals surface area contributed by atoms with Crippen molar-refractivity contribution in [2.24, 2.45) is 5.41 Å². The summed E-state index contributed by atoms with van der Waals surface area (Å²) >= 11 is 0. The topological polar surface area (TPSA) is 55.4 Å². The van der Waals surface area contributed by atoms with Crippen molar-refractivity contribution >= 4 is 10.0 Å². The number of hydrogen-bond acceptors (Lipinski definition) is 3. The third-order valence-electron chi connectivity index (χ3n) is 1.95. The highest BCUT2D eigenvalue weighted by atomic mass is 32.2. The zero-order valence-corrected chi connectivity index (χ0v) is 12.8. The van der Waals surface area contributed by atoms with Crippen molar-refractivity contribution in [3.63, 3.8) is 0 Å². The summed E-state index contributed by atoms with van der Waals surface area (Å²) < 4.78 is 31.2. The van der Waals surface area contributed by atoms with Crippen molar-refractivity contribution < 1.29 is 13.2 Å². The van der Waals surface area contributed by atoms with E-state index < -0.39 is 15.6 Å². The van der Waals surface area contributed by atoms with E-state index in [4.69, 9.17) is 4.74 Å². The van der Waals surface area contributed by atoms with Gasteiger partial charge in [-0.3, -0.25) is 0 Å². The van der Waals surface area contributed by atoms with Crippen molar-refractivity contribution in [1.29, 1.82) is 0 Å². The monoisotopic (exact) mass is 265 g/mol.